The Kier molecular flexibility index (Phi) is 5.84. The van der Waals surface area contributed by atoms with Gasteiger partial charge < -0.3 is 24.6 Å². The van der Waals surface area contributed by atoms with E-state index in [1.807, 2.05) is 18.2 Å². The lowest BCUT2D eigenvalue weighted by Crippen LogP contribution is -2.47. The summed E-state index contributed by atoms with van der Waals surface area (Å²) in [5, 5.41) is 12.1. The van der Waals surface area contributed by atoms with E-state index in [4.69, 9.17) is 9.47 Å². The summed E-state index contributed by atoms with van der Waals surface area (Å²) in [6.07, 6.45) is 5.11. The molecule has 3 aromatic rings. The zero-order valence-corrected chi connectivity index (χ0v) is 19.8. The van der Waals surface area contributed by atoms with Crippen molar-refractivity contribution >= 4 is 16.7 Å². The molecule has 9 nitrogen and oxygen atoms in total. The van der Waals surface area contributed by atoms with Gasteiger partial charge in [0.2, 0.25) is 0 Å². The van der Waals surface area contributed by atoms with E-state index in [0.717, 1.165) is 106 Å². The van der Waals surface area contributed by atoms with Gasteiger partial charge in [0.1, 0.15) is 29.2 Å². The number of aromatic nitrogens is 4. The number of nitrogens with zero attached hydrogens (tertiary/aromatic N) is 5. The molecule has 3 fully saturated rings. The predicted octanol–water partition coefficient (Wildman–Crippen LogP) is 2.45. The fourth-order valence-electron chi connectivity index (χ4n) is 4.83. The second-order valence-corrected chi connectivity index (χ2v) is 9.91. The lowest BCUT2D eigenvalue weighted by molar-refractivity contribution is 0.0274. The van der Waals surface area contributed by atoms with Crippen LogP contribution in [0, 0.1) is 0 Å². The van der Waals surface area contributed by atoms with E-state index >= 15 is 0 Å². The molecule has 0 spiro atoms. The molecule has 3 aliphatic rings. The molecule has 1 atom stereocenters. The number of nitrogens with one attached hydrogen (secondary N) is 2. The number of benzene rings is 1. The van der Waals surface area contributed by atoms with Crippen LogP contribution in [0.2, 0.25) is 0 Å². The summed E-state index contributed by atoms with van der Waals surface area (Å²) in [5.74, 6) is 1.81. The molecule has 9 heteroatoms. The number of hydrogen-bond donors (Lipinski definition) is 2. The maximum atomic E-state index is 6.18. The van der Waals surface area contributed by atoms with E-state index in [9.17, 15) is 0 Å². The van der Waals surface area contributed by atoms with Gasteiger partial charge in [-0.15, -0.1) is 0 Å². The summed E-state index contributed by atoms with van der Waals surface area (Å²) >= 11 is 0. The van der Waals surface area contributed by atoms with Crippen LogP contribution in [0.1, 0.15) is 26.2 Å². The molecule has 2 aliphatic heterocycles. The number of aromatic amines is 1. The van der Waals surface area contributed by atoms with Crippen LogP contribution in [-0.2, 0) is 4.74 Å². The standard InChI is InChI=1S/C25H33N7O2/c1-25(5-6-25)34-18-2-3-21-20(14-18)24(30-29-21)22-15-23(28-17-27-22)32-12-13-33-19(16-32)4-9-31-10-7-26-8-11-31/h2-3,14-15,17,19,26H,4-13,16H2,1H3,(H,29,30)/t19-/m1/s1. The fourth-order valence-corrected chi connectivity index (χ4v) is 4.83. The third-order valence-corrected chi connectivity index (χ3v) is 7.19. The van der Waals surface area contributed by atoms with Crippen molar-refractivity contribution in [2.45, 2.75) is 37.9 Å². The molecule has 1 saturated carbocycles. The Morgan fingerprint density at radius 1 is 1.15 bits per heavy atom. The van der Waals surface area contributed by atoms with Crippen molar-refractivity contribution in [3.63, 3.8) is 0 Å². The fraction of sp³-hybridized carbons (Fsp3) is 0.560. The zero-order chi connectivity index (χ0) is 23.0. The second kappa shape index (κ2) is 9.13. The monoisotopic (exact) mass is 463 g/mol. The molecule has 2 aromatic heterocycles. The van der Waals surface area contributed by atoms with E-state index < -0.39 is 0 Å². The van der Waals surface area contributed by atoms with Gasteiger partial charge in [-0.3, -0.25) is 5.10 Å². The van der Waals surface area contributed by atoms with Gasteiger partial charge in [0.25, 0.3) is 0 Å². The average Bonchev–Trinajstić information content (AvgIpc) is 3.45. The van der Waals surface area contributed by atoms with Crippen molar-refractivity contribution in [1.82, 2.24) is 30.4 Å². The number of rotatable bonds is 7. The average molecular weight is 464 g/mol. The number of piperazine rings is 1. The van der Waals surface area contributed by atoms with Gasteiger partial charge in [-0.25, -0.2) is 9.97 Å². The lowest BCUT2D eigenvalue weighted by Gasteiger charge is -2.35. The van der Waals surface area contributed by atoms with Crippen LogP contribution in [0.5, 0.6) is 5.75 Å². The number of anilines is 1. The van der Waals surface area contributed by atoms with Gasteiger partial charge >= 0.3 is 0 Å². The smallest absolute Gasteiger partial charge is 0.132 e. The largest absolute Gasteiger partial charge is 0.488 e. The molecular formula is C25H33N7O2. The Morgan fingerprint density at radius 3 is 2.88 bits per heavy atom. The van der Waals surface area contributed by atoms with Crippen LogP contribution in [0.25, 0.3) is 22.3 Å². The van der Waals surface area contributed by atoms with Crippen molar-refractivity contribution in [2.24, 2.45) is 0 Å². The summed E-state index contributed by atoms with van der Waals surface area (Å²) in [6.45, 7) is 10.0. The minimum absolute atomic E-state index is 0.0164. The van der Waals surface area contributed by atoms with Crippen LogP contribution in [0.15, 0.2) is 30.6 Å². The first-order valence-corrected chi connectivity index (χ1v) is 12.4. The van der Waals surface area contributed by atoms with Crippen LogP contribution in [0.3, 0.4) is 0 Å². The zero-order valence-electron chi connectivity index (χ0n) is 19.8. The molecule has 2 saturated heterocycles. The first-order valence-electron chi connectivity index (χ1n) is 12.4. The van der Waals surface area contributed by atoms with Crippen molar-refractivity contribution in [3.05, 3.63) is 30.6 Å². The van der Waals surface area contributed by atoms with E-state index in [-0.39, 0.29) is 11.7 Å². The third kappa shape index (κ3) is 4.73. The molecule has 1 aliphatic carbocycles. The van der Waals surface area contributed by atoms with Gasteiger partial charge in [0.15, 0.2) is 0 Å². The Labute approximate surface area is 199 Å². The van der Waals surface area contributed by atoms with Gasteiger partial charge in [0.05, 0.1) is 23.9 Å². The molecule has 6 rings (SSSR count). The van der Waals surface area contributed by atoms with Gasteiger partial charge in [0, 0.05) is 57.3 Å². The molecule has 180 valence electrons. The highest BCUT2D eigenvalue weighted by atomic mass is 16.5. The number of morpholine rings is 1. The molecule has 0 unspecified atom stereocenters. The number of H-pyrrole nitrogens is 1. The molecular weight excluding hydrogens is 430 g/mol. The number of fused-ring (bicyclic) bond motifs is 1. The van der Waals surface area contributed by atoms with Crippen LogP contribution < -0.4 is 15.0 Å². The summed E-state index contributed by atoms with van der Waals surface area (Å²) < 4.78 is 12.3. The van der Waals surface area contributed by atoms with E-state index in [1.54, 1.807) is 6.33 Å². The summed E-state index contributed by atoms with van der Waals surface area (Å²) in [6, 6.07) is 8.15. The molecule has 0 radical (unpaired) electrons. The van der Waals surface area contributed by atoms with Crippen molar-refractivity contribution in [3.8, 4) is 17.1 Å². The Morgan fingerprint density at radius 2 is 2.03 bits per heavy atom. The normalized spacial score (nSPS) is 22.7. The second-order valence-electron chi connectivity index (χ2n) is 9.91. The van der Waals surface area contributed by atoms with E-state index in [0.29, 0.717) is 0 Å². The molecule has 2 N–H and O–H groups in total. The van der Waals surface area contributed by atoms with E-state index in [1.165, 1.54) is 0 Å². The van der Waals surface area contributed by atoms with Gasteiger partial charge in [-0.05, 0) is 44.4 Å². The van der Waals surface area contributed by atoms with Gasteiger partial charge in [-0.2, -0.15) is 5.10 Å². The first-order chi connectivity index (χ1) is 16.7. The summed E-state index contributed by atoms with van der Waals surface area (Å²) in [7, 11) is 0. The van der Waals surface area contributed by atoms with E-state index in [2.05, 4.69) is 48.3 Å². The topological polar surface area (TPSA) is 91.4 Å². The SMILES string of the molecule is CC1(Oc2ccc3[nH]nc(-c4cc(N5CCO[C@H](CCN6CCNCC6)C5)ncn4)c3c2)CC1. The molecule has 0 amide bonds. The quantitative estimate of drug-likeness (QED) is 0.552. The molecule has 0 bridgehead atoms. The summed E-state index contributed by atoms with van der Waals surface area (Å²) in [4.78, 5) is 14.0. The Balaban J connectivity index is 1.17. The van der Waals surface area contributed by atoms with Gasteiger partial charge in [-0.1, -0.05) is 0 Å². The highest BCUT2D eigenvalue weighted by molar-refractivity contribution is 5.93. The minimum Gasteiger partial charge on any atom is -0.488 e. The Hall–Kier alpha value is -2.75. The maximum absolute atomic E-state index is 6.18. The first kappa shape index (κ1) is 21.8. The Bertz CT molecular complexity index is 1140. The lowest BCUT2D eigenvalue weighted by atomic mass is 10.1. The molecule has 1 aromatic carbocycles. The molecule has 34 heavy (non-hydrogen) atoms. The molecule has 4 heterocycles. The highest BCUT2D eigenvalue weighted by Crippen LogP contribution is 2.40. The van der Waals surface area contributed by atoms with Crippen LogP contribution in [-0.4, -0.2) is 89.2 Å². The third-order valence-electron chi connectivity index (χ3n) is 7.19. The maximum Gasteiger partial charge on any atom is 0.132 e. The highest BCUT2D eigenvalue weighted by Gasteiger charge is 2.40. The van der Waals surface area contributed by atoms with Crippen LogP contribution >= 0.6 is 0 Å². The number of ether oxygens (including phenoxy) is 2. The van der Waals surface area contributed by atoms with Crippen molar-refractivity contribution < 1.29 is 9.47 Å². The van der Waals surface area contributed by atoms with Crippen molar-refractivity contribution in [1.29, 1.82) is 0 Å². The van der Waals surface area contributed by atoms with Crippen molar-refractivity contribution in [2.75, 3.05) is 57.3 Å². The minimum atomic E-state index is -0.0164. The predicted molar refractivity (Wildman–Crippen MR) is 131 cm³/mol. The summed E-state index contributed by atoms with van der Waals surface area (Å²) in [5.41, 5.74) is 2.60. The number of hydrogen-bond acceptors (Lipinski definition) is 8. The van der Waals surface area contributed by atoms with Crippen LogP contribution in [0.4, 0.5) is 5.82 Å².